The summed E-state index contributed by atoms with van der Waals surface area (Å²) in [6, 6.07) is 15.1. The van der Waals surface area contributed by atoms with E-state index in [1.165, 1.54) is 0 Å². The largest absolute Gasteiger partial charge is 0.414 e. The SMILES string of the molecule is C=C[C@H](C)[C@H](O[Si](CC)(CC)CC)C(C)C(CCS(=O)(=O)c1ccccc1)O[Si](CC)(CC)CC. The summed E-state index contributed by atoms with van der Waals surface area (Å²) in [5.41, 5.74) is 0. The first kappa shape index (κ1) is 32.3. The van der Waals surface area contributed by atoms with Crippen molar-refractivity contribution in [3.05, 3.63) is 43.0 Å². The third kappa shape index (κ3) is 8.66. The fourth-order valence-electron chi connectivity index (χ4n) is 5.10. The van der Waals surface area contributed by atoms with Crippen LogP contribution in [0.25, 0.3) is 0 Å². The summed E-state index contributed by atoms with van der Waals surface area (Å²) < 4.78 is 40.5. The highest BCUT2D eigenvalue weighted by atomic mass is 32.2. The van der Waals surface area contributed by atoms with Gasteiger partial charge in [0.25, 0.3) is 0 Å². The van der Waals surface area contributed by atoms with E-state index in [1.807, 2.05) is 12.1 Å². The summed E-state index contributed by atoms with van der Waals surface area (Å²) in [5, 5.41) is 0. The van der Waals surface area contributed by atoms with Crippen molar-refractivity contribution in [1.29, 1.82) is 0 Å². The number of rotatable bonds is 18. The second-order valence-corrected chi connectivity index (χ2v) is 21.7. The van der Waals surface area contributed by atoms with E-state index in [-0.39, 0.29) is 29.8 Å². The Morgan fingerprint density at radius 2 is 1.29 bits per heavy atom. The molecule has 0 saturated heterocycles. The van der Waals surface area contributed by atoms with E-state index < -0.39 is 26.5 Å². The third-order valence-electron chi connectivity index (χ3n) is 8.42. The van der Waals surface area contributed by atoms with Crippen LogP contribution in [0.4, 0.5) is 0 Å². The minimum atomic E-state index is -3.38. The fraction of sp³-hybridized carbons (Fsp3) is 0.714. The van der Waals surface area contributed by atoms with E-state index in [4.69, 9.17) is 8.85 Å². The molecule has 0 N–H and O–H groups in total. The van der Waals surface area contributed by atoms with Gasteiger partial charge in [-0.15, -0.1) is 6.58 Å². The lowest BCUT2D eigenvalue weighted by Gasteiger charge is -2.43. The monoisotopic (exact) mass is 540 g/mol. The van der Waals surface area contributed by atoms with Gasteiger partial charge in [0.1, 0.15) is 0 Å². The van der Waals surface area contributed by atoms with Gasteiger partial charge in [-0.25, -0.2) is 8.42 Å². The second kappa shape index (κ2) is 14.9. The van der Waals surface area contributed by atoms with E-state index in [1.54, 1.807) is 24.3 Å². The van der Waals surface area contributed by atoms with Gasteiger partial charge in [-0.1, -0.05) is 79.7 Å². The van der Waals surface area contributed by atoms with Crippen molar-refractivity contribution in [2.45, 2.75) is 115 Å². The van der Waals surface area contributed by atoms with Gasteiger partial charge in [0.05, 0.1) is 22.9 Å². The summed E-state index contributed by atoms with van der Waals surface area (Å²) in [6.07, 6.45) is 2.28. The zero-order chi connectivity index (χ0) is 26.7. The lowest BCUT2D eigenvalue weighted by molar-refractivity contribution is 0.0182. The molecule has 0 fully saturated rings. The molecule has 4 nitrogen and oxygen atoms in total. The van der Waals surface area contributed by atoms with Gasteiger partial charge in [-0.05, 0) is 60.7 Å². The zero-order valence-corrected chi connectivity index (χ0v) is 26.5. The van der Waals surface area contributed by atoms with Crippen molar-refractivity contribution in [2.75, 3.05) is 5.75 Å². The topological polar surface area (TPSA) is 52.6 Å². The number of hydrogen-bond donors (Lipinski definition) is 0. The van der Waals surface area contributed by atoms with Crippen LogP contribution in [0.2, 0.25) is 36.3 Å². The summed E-state index contributed by atoms with van der Waals surface area (Å²) in [4.78, 5) is 0.387. The van der Waals surface area contributed by atoms with Crippen LogP contribution in [-0.2, 0) is 18.7 Å². The minimum Gasteiger partial charge on any atom is -0.414 e. The minimum absolute atomic E-state index is 0.0271. The third-order valence-corrected chi connectivity index (χ3v) is 19.5. The molecule has 7 heteroatoms. The number of sulfone groups is 1. The molecule has 1 aromatic carbocycles. The molecule has 0 saturated carbocycles. The standard InChI is InChI=1S/C28H52O4SSi2/c1-10-24(8)28(32-35(14-5,15-6)16-7)25(9)27(31-34(11-2,12-3)13-4)22-23-33(29,30)26-20-18-17-19-21-26/h10,17-21,24-25,27-28H,1,11-16,22-23H2,2-9H3/t24-,25?,27?,28-/m0/s1. The van der Waals surface area contributed by atoms with E-state index in [0.29, 0.717) is 11.3 Å². The Hall–Kier alpha value is -0.736. The smallest absolute Gasteiger partial charge is 0.192 e. The maximum absolute atomic E-state index is 13.2. The molecule has 0 radical (unpaired) electrons. The second-order valence-electron chi connectivity index (χ2n) is 10.1. The van der Waals surface area contributed by atoms with Crippen molar-refractivity contribution < 1.29 is 17.3 Å². The molecule has 2 unspecified atom stereocenters. The van der Waals surface area contributed by atoms with Crippen LogP contribution in [0.5, 0.6) is 0 Å². The molecule has 1 rings (SSSR count). The molecular formula is C28H52O4SSi2. The zero-order valence-electron chi connectivity index (χ0n) is 23.7. The normalized spacial score (nSPS) is 16.5. The van der Waals surface area contributed by atoms with E-state index >= 15 is 0 Å². The first-order chi connectivity index (χ1) is 16.5. The summed E-state index contributed by atoms with van der Waals surface area (Å²) in [7, 11) is -7.21. The van der Waals surface area contributed by atoms with E-state index in [0.717, 1.165) is 36.3 Å². The van der Waals surface area contributed by atoms with E-state index in [9.17, 15) is 8.42 Å². The molecule has 0 aliphatic carbocycles. The summed E-state index contributed by atoms with van der Waals surface area (Å²) in [5.74, 6) is 0.321. The quantitative estimate of drug-likeness (QED) is 0.139. The highest BCUT2D eigenvalue weighted by molar-refractivity contribution is 7.91. The van der Waals surface area contributed by atoms with Crippen molar-refractivity contribution in [2.24, 2.45) is 11.8 Å². The Kier molecular flexibility index (Phi) is 13.7. The predicted molar refractivity (Wildman–Crippen MR) is 156 cm³/mol. The molecule has 0 aliphatic rings. The molecule has 0 heterocycles. The summed E-state index contributed by atoms with van der Waals surface area (Å²) >= 11 is 0. The van der Waals surface area contributed by atoms with Crippen molar-refractivity contribution in [3.63, 3.8) is 0 Å². The van der Waals surface area contributed by atoms with Crippen LogP contribution in [0.15, 0.2) is 47.9 Å². The van der Waals surface area contributed by atoms with Gasteiger partial charge >= 0.3 is 0 Å². The first-order valence-electron chi connectivity index (χ1n) is 13.8. The molecule has 0 aromatic heterocycles. The van der Waals surface area contributed by atoms with Crippen LogP contribution in [-0.4, -0.2) is 43.0 Å². The fourth-order valence-corrected chi connectivity index (χ4v) is 12.4. The van der Waals surface area contributed by atoms with Crippen LogP contribution < -0.4 is 0 Å². The van der Waals surface area contributed by atoms with Crippen molar-refractivity contribution >= 4 is 26.5 Å². The Balaban J connectivity index is 3.37. The number of benzene rings is 1. The molecule has 4 atom stereocenters. The van der Waals surface area contributed by atoms with Gasteiger partial charge < -0.3 is 8.85 Å². The van der Waals surface area contributed by atoms with Crippen LogP contribution in [0, 0.1) is 11.8 Å². The van der Waals surface area contributed by atoms with Gasteiger partial charge in [0.15, 0.2) is 26.5 Å². The summed E-state index contributed by atoms with van der Waals surface area (Å²) in [6.45, 7) is 21.9. The molecule has 0 aliphatic heterocycles. The molecule has 0 amide bonds. The molecule has 202 valence electrons. The Bertz CT molecular complexity index is 819. The van der Waals surface area contributed by atoms with Gasteiger partial charge in [-0.2, -0.15) is 0 Å². The molecular weight excluding hydrogens is 489 g/mol. The average molecular weight is 541 g/mol. The maximum Gasteiger partial charge on any atom is 0.192 e. The highest BCUT2D eigenvalue weighted by Gasteiger charge is 2.41. The first-order valence-corrected chi connectivity index (χ1v) is 20.5. The van der Waals surface area contributed by atoms with Crippen LogP contribution in [0.3, 0.4) is 0 Å². The lowest BCUT2D eigenvalue weighted by atomic mass is 9.88. The Labute approximate surface area is 219 Å². The molecule has 1 aromatic rings. The maximum atomic E-state index is 13.2. The van der Waals surface area contributed by atoms with Crippen LogP contribution in [0.1, 0.15) is 61.8 Å². The van der Waals surface area contributed by atoms with E-state index in [2.05, 4.69) is 62.0 Å². The van der Waals surface area contributed by atoms with Crippen molar-refractivity contribution in [3.8, 4) is 0 Å². The lowest BCUT2D eigenvalue weighted by Crippen LogP contribution is -2.50. The van der Waals surface area contributed by atoms with Crippen LogP contribution >= 0.6 is 0 Å². The average Bonchev–Trinajstić information content (AvgIpc) is 2.90. The molecule has 0 bridgehead atoms. The van der Waals surface area contributed by atoms with Gasteiger partial charge in [0.2, 0.25) is 0 Å². The Morgan fingerprint density at radius 1 is 0.829 bits per heavy atom. The number of hydrogen-bond acceptors (Lipinski definition) is 4. The Morgan fingerprint density at radius 3 is 1.71 bits per heavy atom. The van der Waals surface area contributed by atoms with Gasteiger partial charge in [-0.3, -0.25) is 0 Å². The van der Waals surface area contributed by atoms with Gasteiger partial charge in [0, 0.05) is 5.92 Å². The van der Waals surface area contributed by atoms with Crippen molar-refractivity contribution in [1.82, 2.24) is 0 Å². The predicted octanol–water partition coefficient (Wildman–Crippen LogP) is 8.09. The highest BCUT2D eigenvalue weighted by Crippen LogP contribution is 2.35. The molecule has 0 spiro atoms. The molecule has 35 heavy (non-hydrogen) atoms.